The summed E-state index contributed by atoms with van der Waals surface area (Å²) in [5.41, 5.74) is 2.67. The summed E-state index contributed by atoms with van der Waals surface area (Å²) in [6, 6.07) is 36.2. The van der Waals surface area contributed by atoms with Gasteiger partial charge in [-0.25, -0.2) is 25.5 Å². The van der Waals surface area contributed by atoms with E-state index < -0.39 is 25.7 Å². The van der Waals surface area contributed by atoms with Crippen LogP contribution in [-0.2, 0) is 19.9 Å². The van der Waals surface area contributed by atoms with Gasteiger partial charge in [0.1, 0.15) is 5.82 Å². The molecular formula is C42H56Cl3FN4O4S2. The number of nitrogens with zero attached hydrogens (tertiary/aromatic N) is 1. The van der Waals surface area contributed by atoms with Crippen molar-refractivity contribution in [2.24, 2.45) is 0 Å². The van der Waals surface area contributed by atoms with Crippen molar-refractivity contribution in [2.75, 3.05) is 37.7 Å². The Bertz CT molecular complexity index is 2160. The Labute approximate surface area is 351 Å². The molecule has 4 atom stereocenters. The average molecular weight is 870 g/mol. The summed E-state index contributed by atoms with van der Waals surface area (Å²) < 4.78 is 60.3. The molecule has 0 saturated carbocycles. The zero-order chi connectivity index (χ0) is 38.0. The quantitative estimate of drug-likeness (QED) is 0.121. The summed E-state index contributed by atoms with van der Waals surface area (Å²) in [6.45, 7) is 11.1. The molecule has 308 valence electrons. The van der Waals surface area contributed by atoms with Crippen molar-refractivity contribution >= 4 is 78.6 Å². The van der Waals surface area contributed by atoms with Crippen LogP contribution in [0.5, 0.6) is 0 Å². The van der Waals surface area contributed by atoms with E-state index in [-0.39, 0.29) is 65.7 Å². The van der Waals surface area contributed by atoms with Crippen molar-refractivity contribution in [2.45, 2.75) is 69.6 Å². The molecule has 0 aromatic heterocycles. The van der Waals surface area contributed by atoms with Crippen LogP contribution in [0.25, 0.3) is 21.5 Å². The third kappa shape index (κ3) is 13.1. The SMILES string of the molecule is CCS(=O)(=O)N1CC[C@H](N[C@H](C)c2cccc3ccccc23)C1.CCS(=O)(=O)c1ccc(F)cc1.C[C@@H](N[C@H]1CCNC1)c1cccc2ccccc12.Cl.Cl.Cl. The molecule has 2 fully saturated rings. The van der Waals surface area contributed by atoms with Crippen molar-refractivity contribution in [3.8, 4) is 0 Å². The van der Waals surface area contributed by atoms with Gasteiger partial charge < -0.3 is 16.0 Å². The molecule has 0 spiro atoms. The molecule has 0 amide bonds. The first-order valence-corrected chi connectivity index (χ1v) is 21.8. The van der Waals surface area contributed by atoms with Crippen molar-refractivity contribution in [3.63, 3.8) is 0 Å². The largest absolute Gasteiger partial charge is 0.315 e. The number of halogens is 4. The molecule has 5 aromatic rings. The maximum atomic E-state index is 12.4. The predicted molar refractivity (Wildman–Crippen MR) is 238 cm³/mol. The van der Waals surface area contributed by atoms with Gasteiger partial charge in [0.15, 0.2) is 9.84 Å². The smallest absolute Gasteiger partial charge is 0.213 e. The van der Waals surface area contributed by atoms with Gasteiger partial charge in [0.25, 0.3) is 0 Å². The molecule has 56 heavy (non-hydrogen) atoms. The van der Waals surface area contributed by atoms with E-state index in [4.69, 9.17) is 0 Å². The number of rotatable bonds is 10. The molecule has 2 aliphatic heterocycles. The lowest BCUT2D eigenvalue weighted by molar-refractivity contribution is 0.437. The van der Waals surface area contributed by atoms with Crippen LogP contribution in [0.4, 0.5) is 4.39 Å². The zero-order valence-corrected chi connectivity index (χ0v) is 36.4. The Hall–Kier alpha value is -2.84. The van der Waals surface area contributed by atoms with Crippen molar-refractivity contribution in [1.29, 1.82) is 0 Å². The Morgan fingerprint density at radius 3 is 1.66 bits per heavy atom. The first-order chi connectivity index (χ1) is 25.4. The van der Waals surface area contributed by atoms with Gasteiger partial charge in [0.05, 0.1) is 16.4 Å². The highest BCUT2D eigenvalue weighted by molar-refractivity contribution is 7.91. The lowest BCUT2D eigenvalue weighted by Gasteiger charge is -2.22. The number of sulfone groups is 1. The van der Waals surface area contributed by atoms with Gasteiger partial charge in [-0.05, 0) is 97.1 Å². The molecule has 0 bridgehead atoms. The van der Waals surface area contributed by atoms with Crippen molar-refractivity contribution < 1.29 is 21.2 Å². The minimum Gasteiger partial charge on any atom is -0.315 e. The van der Waals surface area contributed by atoms with Crippen LogP contribution in [0.1, 0.15) is 63.7 Å². The number of nitrogens with one attached hydrogen (secondary N) is 3. The van der Waals surface area contributed by atoms with Gasteiger partial charge in [0, 0.05) is 43.8 Å². The molecule has 8 nitrogen and oxygen atoms in total. The normalized spacial score (nSPS) is 17.9. The molecule has 0 radical (unpaired) electrons. The van der Waals surface area contributed by atoms with Crippen molar-refractivity contribution in [3.05, 3.63) is 126 Å². The highest BCUT2D eigenvalue weighted by atomic mass is 35.5. The van der Waals surface area contributed by atoms with Gasteiger partial charge in [0.2, 0.25) is 10.0 Å². The number of benzene rings is 5. The fourth-order valence-electron chi connectivity index (χ4n) is 7.05. The second-order valence-electron chi connectivity index (χ2n) is 13.7. The summed E-state index contributed by atoms with van der Waals surface area (Å²) in [7, 11) is -6.25. The molecule has 7 rings (SSSR count). The van der Waals surface area contributed by atoms with Gasteiger partial charge in [-0.1, -0.05) is 91.9 Å². The highest BCUT2D eigenvalue weighted by Crippen LogP contribution is 2.27. The van der Waals surface area contributed by atoms with E-state index in [9.17, 15) is 21.2 Å². The Morgan fingerprint density at radius 2 is 1.18 bits per heavy atom. The molecule has 2 saturated heterocycles. The van der Waals surface area contributed by atoms with Crippen molar-refractivity contribution in [1.82, 2.24) is 20.3 Å². The monoisotopic (exact) mass is 868 g/mol. The molecule has 2 heterocycles. The van der Waals surface area contributed by atoms with Gasteiger partial charge in [-0.2, -0.15) is 0 Å². The number of hydrogen-bond acceptors (Lipinski definition) is 7. The average Bonchev–Trinajstić information content (AvgIpc) is 3.88. The van der Waals surface area contributed by atoms with E-state index in [1.54, 1.807) is 18.2 Å². The van der Waals surface area contributed by atoms with E-state index in [0.29, 0.717) is 25.2 Å². The Morgan fingerprint density at radius 1 is 0.679 bits per heavy atom. The molecule has 5 aromatic carbocycles. The molecule has 3 N–H and O–H groups in total. The number of fused-ring (bicyclic) bond motifs is 2. The minimum absolute atomic E-state index is 0. The first kappa shape index (κ1) is 49.3. The second-order valence-corrected chi connectivity index (χ2v) is 18.2. The molecule has 0 aliphatic carbocycles. The third-order valence-electron chi connectivity index (χ3n) is 10.1. The number of sulfonamides is 1. The predicted octanol–water partition coefficient (Wildman–Crippen LogP) is 8.65. The summed E-state index contributed by atoms with van der Waals surface area (Å²) in [4.78, 5) is 0.173. The molecule has 2 aliphatic rings. The Kier molecular flexibility index (Phi) is 20.2. The summed E-state index contributed by atoms with van der Waals surface area (Å²) >= 11 is 0. The van der Waals surface area contributed by atoms with Crippen LogP contribution in [0, 0.1) is 5.82 Å². The fraction of sp³-hybridized carbons (Fsp3) is 0.381. The first-order valence-electron chi connectivity index (χ1n) is 18.6. The maximum Gasteiger partial charge on any atom is 0.213 e. The van der Waals surface area contributed by atoms with E-state index >= 15 is 0 Å². The van der Waals surface area contributed by atoms with Crippen LogP contribution < -0.4 is 16.0 Å². The van der Waals surface area contributed by atoms with Crippen LogP contribution in [0.3, 0.4) is 0 Å². The summed E-state index contributed by atoms with van der Waals surface area (Å²) in [5, 5.41) is 15.9. The lowest BCUT2D eigenvalue weighted by Crippen LogP contribution is -2.37. The molecular weight excluding hydrogens is 814 g/mol. The lowest BCUT2D eigenvalue weighted by atomic mass is 9.99. The Balaban J connectivity index is 0.000000296. The van der Waals surface area contributed by atoms with E-state index in [1.165, 1.54) is 51.2 Å². The standard InChI is InChI=1S/C18H24N2O2S.C16H20N2.C8H9FO2S.3ClH/c1-3-23(21,22)20-12-11-16(13-20)19-14(2)17-10-6-8-15-7-4-5-9-18(15)17;1-12(18-14-9-10-17-11-14)15-8-4-6-13-5-2-3-7-16(13)15;1-2-12(10,11)8-5-3-7(9)4-6-8;;;/h4-10,14,16,19H,3,11-13H2,1-2H3;2-8,12,14,17-18H,9-11H2,1H3;3-6H,2H2,1H3;3*1H/t14-,16+;12-,14+;;;;/m11..../s1. The second kappa shape index (κ2) is 22.9. The highest BCUT2D eigenvalue weighted by Gasteiger charge is 2.31. The van der Waals surface area contributed by atoms with Crippen LogP contribution in [0.2, 0.25) is 0 Å². The number of hydrogen-bond donors (Lipinski definition) is 3. The van der Waals surface area contributed by atoms with Crippen LogP contribution in [-0.4, -0.2) is 70.9 Å². The third-order valence-corrected chi connectivity index (χ3v) is 13.7. The van der Waals surface area contributed by atoms with Gasteiger partial charge in [-0.3, -0.25) is 0 Å². The maximum absolute atomic E-state index is 12.4. The minimum atomic E-state index is -3.18. The van der Waals surface area contributed by atoms with E-state index in [2.05, 4.69) is 115 Å². The fourth-order valence-corrected chi connectivity index (χ4v) is 9.09. The van der Waals surface area contributed by atoms with Gasteiger partial charge >= 0.3 is 0 Å². The summed E-state index contributed by atoms with van der Waals surface area (Å²) in [5.74, 6) is -0.206. The van der Waals surface area contributed by atoms with Gasteiger partial charge in [-0.15, -0.1) is 37.2 Å². The molecule has 14 heteroatoms. The van der Waals surface area contributed by atoms with E-state index in [1.807, 2.05) is 0 Å². The topological polar surface area (TPSA) is 108 Å². The molecule has 0 unspecified atom stereocenters. The van der Waals surface area contributed by atoms with E-state index in [0.717, 1.165) is 31.6 Å². The van der Waals surface area contributed by atoms with Crippen LogP contribution in [0.15, 0.2) is 114 Å². The summed E-state index contributed by atoms with van der Waals surface area (Å²) in [6.07, 6.45) is 2.10. The van der Waals surface area contributed by atoms with Crippen LogP contribution >= 0.6 is 37.2 Å². The zero-order valence-electron chi connectivity index (χ0n) is 32.4.